The average molecular weight is 345 g/mol. The predicted molar refractivity (Wildman–Crippen MR) is 93.9 cm³/mol. The van der Waals surface area contributed by atoms with Crippen LogP contribution in [-0.4, -0.2) is 34.1 Å². The van der Waals surface area contributed by atoms with Gasteiger partial charge >= 0.3 is 0 Å². The third-order valence-corrected chi connectivity index (χ3v) is 5.09. The van der Waals surface area contributed by atoms with Crippen LogP contribution >= 0.6 is 11.8 Å². The van der Waals surface area contributed by atoms with Gasteiger partial charge in [0.1, 0.15) is 5.25 Å². The van der Waals surface area contributed by atoms with Crippen molar-refractivity contribution in [2.24, 2.45) is 0 Å². The van der Waals surface area contributed by atoms with Crippen molar-refractivity contribution in [2.75, 3.05) is 13.1 Å². The molecule has 0 spiro atoms. The molecule has 0 saturated carbocycles. The highest BCUT2D eigenvalue weighted by Gasteiger charge is 2.31. The van der Waals surface area contributed by atoms with Crippen LogP contribution < -0.4 is 0 Å². The molecule has 5 nitrogen and oxygen atoms in total. The molecule has 1 amide bonds. The number of thioether (sulfide) groups is 1. The number of hydrogen-bond donors (Lipinski definition) is 0. The third kappa shape index (κ3) is 3.80. The second-order valence-corrected chi connectivity index (χ2v) is 8.12. The fourth-order valence-corrected chi connectivity index (χ4v) is 3.61. The second-order valence-electron chi connectivity index (χ2n) is 7.06. The van der Waals surface area contributed by atoms with Crippen molar-refractivity contribution in [1.29, 1.82) is 0 Å². The molecule has 1 aromatic heterocycles. The molecule has 3 rings (SSSR count). The van der Waals surface area contributed by atoms with E-state index in [9.17, 15) is 4.79 Å². The molecular weight excluding hydrogens is 322 g/mol. The lowest BCUT2D eigenvalue weighted by atomic mass is 9.97. The molecule has 128 valence electrons. The predicted octanol–water partition coefficient (Wildman–Crippen LogP) is 3.82. The number of hydrogen-bond acceptors (Lipinski definition) is 5. The SMILES string of the molecule is CC(C)(C)c1nnc(S[C@H](C(=O)N2CCCC2)c2ccccc2)o1. The van der Waals surface area contributed by atoms with Crippen molar-refractivity contribution in [3.8, 4) is 0 Å². The number of nitrogens with zero attached hydrogens (tertiary/aromatic N) is 3. The van der Waals surface area contributed by atoms with Crippen LogP contribution in [0.1, 0.15) is 50.3 Å². The fraction of sp³-hybridized carbons (Fsp3) is 0.500. The summed E-state index contributed by atoms with van der Waals surface area (Å²) in [6, 6.07) is 9.82. The number of aromatic nitrogens is 2. The average Bonchev–Trinajstić information content (AvgIpc) is 3.24. The molecule has 0 aliphatic carbocycles. The Morgan fingerprint density at radius 1 is 1.17 bits per heavy atom. The van der Waals surface area contributed by atoms with Gasteiger partial charge in [-0.25, -0.2) is 0 Å². The minimum Gasteiger partial charge on any atom is -0.415 e. The molecule has 6 heteroatoms. The maximum absolute atomic E-state index is 13.0. The molecule has 2 heterocycles. The van der Waals surface area contributed by atoms with E-state index in [0.717, 1.165) is 31.5 Å². The van der Waals surface area contributed by atoms with Crippen molar-refractivity contribution >= 4 is 17.7 Å². The van der Waals surface area contributed by atoms with Crippen molar-refractivity contribution in [2.45, 2.75) is 49.5 Å². The van der Waals surface area contributed by atoms with Crippen LogP contribution in [0.2, 0.25) is 0 Å². The van der Waals surface area contributed by atoms with E-state index in [2.05, 4.69) is 10.2 Å². The Kier molecular flexibility index (Phi) is 4.94. The number of likely N-dealkylation sites (tertiary alicyclic amines) is 1. The van der Waals surface area contributed by atoms with Crippen LogP contribution in [0.4, 0.5) is 0 Å². The van der Waals surface area contributed by atoms with E-state index < -0.39 is 0 Å². The molecule has 1 aromatic carbocycles. The molecule has 1 atom stereocenters. The summed E-state index contributed by atoms with van der Waals surface area (Å²) in [6.07, 6.45) is 2.15. The first-order valence-corrected chi connectivity index (χ1v) is 9.17. The summed E-state index contributed by atoms with van der Waals surface area (Å²) in [5, 5.41) is 8.36. The molecule has 0 bridgehead atoms. The van der Waals surface area contributed by atoms with E-state index >= 15 is 0 Å². The van der Waals surface area contributed by atoms with Crippen molar-refractivity contribution in [3.05, 3.63) is 41.8 Å². The summed E-state index contributed by atoms with van der Waals surface area (Å²) >= 11 is 1.34. The topological polar surface area (TPSA) is 59.2 Å². The fourth-order valence-electron chi connectivity index (χ4n) is 2.65. The molecular formula is C18H23N3O2S. The molecule has 1 saturated heterocycles. The highest BCUT2D eigenvalue weighted by atomic mass is 32.2. The monoisotopic (exact) mass is 345 g/mol. The van der Waals surface area contributed by atoms with Crippen LogP contribution in [0.15, 0.2) is 40.0 Å². The van der Waals surface area contributed by atoms with Gasteiger partial charge in [0.25, 0.3) is 5.22 Å². The van der Waals surface area contributed by atoms with E-state index in [0.29, 0.717) is 11.1 Å². The van der Waals surface area contributed by atoms with E-state index in [1.807, 2.05) is 56.0 Å². The minimum atomic E-state index is -0.349. The van der Waals surface area contributed by atoms with Gasteiger partial charge < -0.3 is 9.32 Å². The molecule has 24 heavy (non-hydrogen) atoms. The first kappa shape index (κ1) is 17.0. The van der Waals surface area contributed by atoms with Gasteiger partial charge in [0, 0.05) is 18.5 Å². The first-order chi connectivity index (χ1) is 11.4. The van der Waals surface area contributed by atoms with E-state index in [-0.39, 0.29) is 16.6 Å². The van der Waals surface area contributed by atoms with Gasteiger partial charge in [0.05, 0.1) is 0 Å². The van der Waals surface area contributed by atoms with Gasteiger partial charge in [-0.2, -0.15) is 0 Å². The van der Waals surface area contributed by atoms with E-state index in [1.165, 1.54) is 11.8 Å². The Bertz CT molecular complexity index is 688. The zero-order valence-corrected chi connectivity index (χ0v) is 15.2. The second kappa shape index (κ2) is 6.97. The summed E-state index contributed by atoms with van der Waals surface area (Å²) in [5.41, 5.74) is 0.766. The van der Waals surface area contributed by atoms with Crippen LogP contribution in [0.5, 0.6) is 0 Å². The lowest BCUT2D eigenvalue weighted by molar-refractivity contribution is -0.129. The summed E-state index contributed by atoms with van der Waals surface area (Å²) in [5.74, 6) is 0.713. The lowest BCUT2D eigenvalue weighted by Crippen LogP contribution is -2.31. The minimum absolute atomic E-state index is 0.124. The molecule has 0 radical (unpaired) electrons. The molecule has 1 aliphatic rings. The molecule has 0 N–H and O–H groups in total. The lowest BCUT2D eigenvalue weighted by Gasteiger charge is -2.22. The van der Waals surface area contributed by atoms with Gasteiger partial charge in [-0.15, -0.1) is 10.2 Å². The number of rotatable bonds is 4. The van der Waals surface area contributed by atoms with Crippen molar-refractivity contribution < 1.29 is 9.21 Å². The van der Waals surface area contributed by atoms with Crippen LogP contribution in [0.25, 0.3) is 0 Å². The van der Waals surface area contributed by atoms with Crippen LogP contribution in [0.3, 0.4) is 0 Å². The molecule has 2 aromatic rings. The Hall–Kier alpha value is -1.82. The summed E-state index contributed by atoms with van der Waals surface area (Å²) in [7, 11) is 0. The summed E-state index contributed by atoms with van der Waals surface area (Å²) in [6.45, 7) is 7.75. The zero-order valence-electron chi connectivity index (χ0n) is 14.4. The Morgan fingerprint density at radius 3 is 2.42 bits per heavy atom. The number of benzene rings is 1. The maximum atomic E-state index is 13.0. The van der Waals surface area contributed by atoms with Crippen molar-refractivity contribution in [1.82, 2.24) is 15.1 Å². The quantitative estimate of drug-likeness (QED) is 0.788. The van der Waals surface area contributed by atoms with Crippen molar-refractivity contribution in [3.63, 3.8) is 0 Å². The Balaban J connectivity index is 1.85. The van der Waals surface area contributed by atoms with Gasteiger partial charge in [-0.3, -0.25) is 4.79 Å². The van der Waals surface area contributed by atoms with Gasteiger partial charge in [0.15, 0.2) is 0 Å². The number of carbonyl (C=O) groups is 1. The Labute approximate surface area is 146 Å². The largest absolute Gasteiger partial charge is 0.415 e. The first-order valence-electron chi connectivity index (χ1n) is 8.29. The van der Waals surface area contributed by atoms with Gasteiger partial charge in [-0.1, -0.05) is 51.1 Å². The highest BCUT2D eigenvalue weighted by Crippen LogP contribution is 2.37. The smallest absolute Gasteiger partial charge is 0.277 e. The summed E-state index contributed by atoms with van der Waals surface area (Å²) in [4.78, 5) is 14.9. The Morgan fingerprint density at radius 2 is 1.83 bits per heavy atom. The van der Waals surface area contributed by atoms with E-state index in [1.54, 1.807) is 0 Å². The highest BCUT2D eigenvalue weighted by molar-refractivity contribution is 8.00. The molecule has 0 unspecified atom stereocenters. The van der Waals surface area contributed by atoms with Gasteiger partial charge in [-0.05, 0) is 30.2 Å². The van der Waals surface area contributed by atoms with Gasteiger partial charge in [0.2, 0.25) is 11.8 Å². The normalized spacial score (nSPS) is 16.4. The molecule has 1 aliphatic heterocycles. The van der Waals surface area contributed by atoms with E-state index in [4.69, 9.17) is 4.42 Å². The standard InChI is InChI=1S/C18H23N3O2S/c1-18(2,3)16-19-20-17(23-16)24-14(13-9-5-4-6-10-13)15(22)21-11-7-8-12-21/h4-6,9-10,14H,7-8,11-12H2,1-3H3/t14-/m0/s1. The summed E-state index contributed by atoms with van der Waals surface area (Å²) < 4.78 is 5.78. The zero-order chi connectivity index (χ0) is 17.2. The van der Waals surface area contributed by atoms with Crippen LogP contribution in [0, 0.1) is 0 Å². The number of amides is 1. The third-order valence-electron chi connectivity index (χ3n) is 4.01. The van der Waals surface area contributed by atoms with Crippen LogP contribution in [-0.2, 0) is 10.2 Å². The molecule has 1 fully saturated rings. The maximum Gasteiger partial charge on any atom is 0.277 e. The number of carbonyl (C=O) groups excluding carboxylic acids is 1.